The van der Waals surface area contributed by atoms with Crippen molar-refractivity contribution >= 4 is 15.2 Å². The molecule has 0 saturated carbocycles. The van der Waals surface area contributed by atoms with Crippen molar-refractivity contribution in [1.29, 1.82) is 0 Å². The second kappa shape index (κ2) is 17.5. The first-order valence-electron chi connectivity index (χ1n) is 5.23. The Bertz CT molecular complexity index is 51.8. The Morgan fingerprint density at radius 3 is 1.58 bits per heavy atom. The van der Waals surface area contributed by atoms with Crippen molar-refractivity contribution in [3.8, 4) is 0 Å². The normalized spacial score (nSPS) is 8.33. The van der Waals surface area contributed by atoms with E-state index in [2.05, 4.69) is 13.8 Å². The van der Waals surface area contributed by atoms with Crippen molar-refractivity contribution in [2.24, 2.45) is 0 Å². The third kappa shape index (κ3) is 22.4. The third-order valence-corrected chi connectivity index (χ3v) is 3.45. The van der Waals surface area contributed by atoms with Gasteiger partial charge in [0, 0.05) is 0 Å². The van der Waals surface area contributed by atoms with Crippen LogP contribution < -0.4 is 5.11 Å². The van der Waals surface area contributed by atoms with E-state index in [0.29, 0.717) is 0 Å². The van der Waals surface area contributed by atoms with E-state index in [1.807, 2.05) is 6.92 Å². The summed E-state index contributed by atoms with van der Waals surface area (Å²) in [5.74, 6) is 0. The summed E-state index contributed by atoms with van der Waals surface area (Å²) in [5, 5.41) is 12.5. The Morgan fingerprint density at radius 1 is 0.917 bits per heavy atom. The van der Waals surface area contributed by atoms with E-state index >= 15 is 0 Å². The van der Waals surface area contributed by atoms with Gasteiger partial charge in [0.2, 0.25) is 0 Å². The van der Waals surface area contributed by atoms with Gasteiger partial charge in [-0.1, -0.05) is 19.8 Å². The average Bonchev–Trinajstić information content (AvgIpc) is 2.08. The van der Waals surface area contributed by atoms with Gasteiger partial charge in [0.25, 0.3) is 0 Å². The number of unbranched alkanes of at least 4 members (excludes halogenated alkanes) is 1. The maximum absolute atomic E-state index is 9.53. The van der Waals surface area contributed by atoms with E-state index < -0.39 is 0 Å². The van der Waals surface area contributed by atoms with Crippen molar-refractivity contribution in [3.63, 3.8) is 0 Å². The van der Waals surface area contributed by atoms with E-state index in [4.69, 9.17) is 0 Å². The Balaban J connectivity index is 0. The molecule has 0 rings (SSSR count). The SMILES string of the molecule is CCCC[O-].CC[CH2][Al+][CH2]CC. The van der Waals surface area contributed by atoms with Crippen LogP contribution in [0.2, 0.25) is 10.6 Å². The first-order valence-corrected chi connectivity index (χ1v) is 6.86. The first-order chi connectivity index (χ1) is 5.83. The zero-order valence-electron chi connectivity index (χ0n) is 8.94. The van der Waals surface area contributed by atoms with Gasteiger partial charge >= 0.3 is 52.5 Å². The van der Waals surface area contributed by atoms with Crippen LogP contribution in [0.3, 0.4) is 0 Å². The van der Waals surface area contributed by atoms with E-state index in [1.54, 1.807) is 0 Å². The topological polar surface area (TPSA) is 23.1 Å². The maximum atomic E-state index is 9.53. The summed E-state index contributed by atoms with van der Waals surface area (Å²) in [6, 6.07) is 0. The Kier molecular flexibility index (Phi) is 21.9. The number of rotatable bonds is 6. The number of hydrogen-bond donors (Lipinski definition) is 0. The molecule has 0 heterocycles. The Hall–Kier alpha value is 0.492. The summed E-state index contributed by atoms with van der Waals surface area (Å²) < 4.78 is 0. The van der Waals surface area contributed by atoms with Gasteiger partial charge in [0.1, 0.15) is 0 Å². The predicted octanol–water partition coefficient (Wildman–Crippen LogP) is 2.49. The van der Waals surface area contributed by atoms with Crippen LogP contribution >= 0.6 is 0 Å². The van der Waals surface area contributed by atoms with Crippen LogP contribution in [-0.4, -0.2) is 21.8 Å². The molecule has 0 aliphatic rings. The van der Waals surface area contributed by atoms with E-state index in [1.165, 1.54) is 23.4 Å². The zero-order valence-corrected chi connectivity index (χ0v) is 10.1. The van der Waals surface area contributed by atoms with Gasteiger partial charge < -0.3 is 5.11 Å². The quantitative estimate of drug-likeness (QED) is 0.461. The van der Waals surface area contributed by atoms with E-state index in [0.717, 1.165) is 28.1 Å². The molecule has 12 heavy (non-hydrogen) atoms. The standard InChI is InChI=1S/C4H9O.2C3H7.Al/c1-2-3-4-5;2*1-3-2;/h2-4H2,1H3;2*1,3H2,2H3;/q-1;;;+1. The molecular weight excluding hydrogens is 163 g/mol. The molecule has 2 heteroatoms. The van der Waals surface area contributed by atoms with Crippen molar-refractivity contribution in [1.82, 2.24) is 0 Å². The molecule has 0 aromatic heterocycles. The fourth-order valence-electron chi connectivity index (χ4n) is 0.697. The second-order valence-corrected chi connectivity index (χ2v) is 4.66. The molecule has 0 aromatic carbocycles. The summed E-state index contributed by atoms with van der Waals surface area (Å²) in [7, 11) is 0. The summed E-state index contributed by atoms with van der Waals surface area (Å²) in [6.07, 6.45) is 4.66. The van der Waals surface area contributed by atoms with Crippen molar-refractivity contribution in [2.45, 2.75) is 57.0 Å². The molecule has 72 valence electrons. The van der Waals surface area contributed by atoms with E-state index in [-0.39, 0.29) is 6.61 Å². The van der Waals surface area contributed by atoms with Crippen molar-refractivity contribution < 1.29 is 5.11 Å². The molecule has 0 radical (unpaired) electrons. The first kappa shape index (κ1) is 15.0. The van der Waals surface area contributed by atoms with Gasteiger partial charge in [-0.25, -0.2) is 0 Å². The minimum atomic E-state index is 0.0938. The third-order valence-electron chi connectivity index (χ3n) is 1.48. The molecular formula is C10H23AlO. The minimum absolute atomic E-state index is 0.0938. The summed E-state index contributed by atoms with van der Waals surface area (Å²) >= 11 is 0.822. The summed E-state index contributed by atoms with van der Waals surface area (Å²) in [4.78, 5) is 0. The molecule has 0 amide bonds. The van der Waals surface area contributed by atoms with Crippen LogP contribution in [0.25, 0.3) is 0 Å². The van der Waals surface area contributed by atoms with Gasteiger partial charge in [0.15, 0.2) is 0 Å². The van der Waals surface area contributed by atoms with Crippen LogP contribution in [0.15, 0.2) is 0 Å². The van der Waals surface area contributed by atoms with Crippen LogP contribution in [0, 0.1) is 0 Å². The molecule has 0 aromatic rings. The van der Waals surface area contributed by atoms with Gasteiger partial charge in [-0.2, -0.15) is 0 Å². The van der Waals surface area contributed by atoms with E-state index in [9.17, 15) is 5.11 Å². The molecule has 1 nitrogen and oxygen atoms in total. The summed E-state index contributed by atoms with van der Waals surface area (Å²) in [5.41, 5.74) is 0. The summed E-state index contributed by atoms with van der Waals surface area (Å²) in [6.45, 7) is 6.64. The van der Waals surface area contributed by atoms with Crippen LogP contribution in [0.1, 0.15) is 46.5 Å². The Labute approximate surface area is 84.3 Å². The fraction of sp³-hybridized carbons (Fsp3) is 1.00. The fourth-order valence-corrected chi connectivity index (χ4v) is 1.80. The monoisotopic (exact) mass is 186 g/mol. The van der Waals surface area contributed by atoms with Gasteiger partial charge in [-0.05, 0) is 0 Å². The molecule has 0 aliphatic carbocycles. The zero-order chi connectivity index (χ0) is 9.66. The van der Waals surface area contributed by atoms with Crippen molar-refractivity contribution in [3.05, 3.63) is 0 Å². The molecule has 0 atom stereocenters. The predicted molar refractivity (Wildman–Crippen MR) is 55.7 cm³/mol. The van der Waals surface area contributed by atoms with Crippen LogP contribution in [-0.2, 0) is 0 Å². The van der Waals surface area contributed by atoms with Crippen LogP contribution in [0.4, 0.5) is 0 Å². The molecule has 0 unspecified atom stereocenters. The molecule has 0 saturated heterocycles. The molecule has 0 aliphatic heterocycles. The Morgan fingerprint density at radius 2 is 1.42 bits per heavy atom. The molecule has 0 bridgehead atoms. The molecule has 0 spiro atoms. The molecule has 0 N–H and O–H groups in total. The average molecular weight is 186 g/mol. The van der Waals surface area contributed by atoms with Crippen LogP contribution in [0.5, 0.6) is 0 Å². The molecule has 0 fully saturated rings. The van der Waals surface area contributed by atoms with Gasteiger partial charge in [-0.3, -0.25) is 0 Å². The van der Waals surface area contributed by atoms with Gasteiger partial charge in [0.05, 0.1) is 0 Å². The second-order valence-electron chi connectivity index (χ2n) is 2.92. The van der Waals surface area contributed by atoms with Gasteiger partial charge in [-0.15, -0.1) is 6.61 Å². The number of hydrogen-bond acceptors (Lipinski definition) is 1. The van der Waals surface area contributed by atoms with Crippen molar-refractivity contribution in [2.75, 3.05) is 6.61 Å².